The molecule has 0 radical (unpaired) electrons. The van der Waals surface area contributed by atoms with Crippen LogP contribution in [-0.4, -0.2) is 17.9 Å². The number of hydrogen-bond acceptors (Lipinski definition) is 4. The van der Waals surface area contributed by atoms with Gasteiger partial charge in [0, 0.05) is 0 Å². The maximum absolute atomic E-state index is 10.1. The Bertz CT molecular complexity index is 742. The monoisotopic (exact) mass is 531 g/mol. The molecule has 1 aliphatic rings. The van der Waals surface area contributed by atoms with Gasteiger partial charge in [0.2, 0.25) is 0 Å². The average Bonchev–Trinajstić information content (AvgIpc) is 2.51. The molecule has 0 unspecified atom stereocenters. The Kier molecular flexibility index (Phi) is 10.9. The molecular weight excluding hydrogens is 520 g/mol. The second kappa shape index (κ2) is 9.84. The Morgan fingerprint density at radius 3 is 0.952 bits per heavy atom. The van der Waals surface area contributed by atoms with Crippen molar-refractivity contribution in [1.29, 1.82) is 0 Å². The van der Waals surface area contributed by atoms with Gasteiger partial charge in [-0.1, -0.05) is 24.3 Å². The van der Waals surface area contributed by atoms with Gasteiger partial charge in [0.15, 0.2) is 0 Å². The van der Waals surface area contributed by atoms with Crippen LogP contribution < -0.4 is 0 Å². The van der Waals surface area contributed by atoms with Crippen molar-refractivity contribution >= 4 is 47.0 Å². The Balaban J connectivity index is 0. The zero-order valence-corrected chi connectivity index (χ0v) is 16.1. The van der Waals surface area contributed by atoms with Crippen molar-refractivity contribution in [3.63, 3.8) is 0 Å². The summed E-state index contributed by atoms with van der Waals surface area (Å²) in [6.07, 6.45) is 14.0. The molecule has 1 aliphatic carbocycles. The van der Waals surface area contributed by atoms with Gasteiger partial charge >= 0.3 is 92.1 Å². The third-order valence-corrected chi connectivity index (χ3v) is 7.40. The van der Waals surface area contributed by atoms with Crippen molar-refractivity contribution in [1.82, 2.24) is 0 Å². The molecule has 0 aliphatic heterocycles. The Morgan fingerprint density at radius 1 is 0.667 bits per heavy atom. The van der Waals surface area contributed by atoms with Gasteiger partial charge in [0.1, 0.15) is 0 Å². The van der Waals surface area contributed by atoms with Crippen LogP contribution in [0.15, 0.2) is 24.3 Å². The first-order chi connectivity index (χ1) is 9.80. The van der Waals surface area contributed by atoms with E-state index >= 15 is 0 Å². The van der Waals surface area contributed by atoms with Crippen molar-refractivity contribution in [2.75, 3.05) is 0 Å². The van der Waals surface area contributed by atoms with E-state index in [1.54, 1.807) is 0 Å². The van der Waals surface area contributed by atoms with Crippen molar-refractivity contribution in [2.24, 2.45) is 0 Å². The van der Waals surface area contributed by atoms with Crippen LogP contribution in [0.3, 0.4) is 0 Å². The predicted octanol–water partition coefficient (Wildman–Crippen LogP) is 3.15. The topological polar surface area (TPSA) is 68.3 Å². The quantitative estimate of drug-likeness (QED) is 0.355. The van der Waals surface area contributed by atoms with E-state index in [-0.39, 0.29) is 0 Å². The van der Waals surface area contributed by atoms with Crippen LogP contribution in [0.25, 0.3) is 0 Å². The summed E-state index contributed by atoms with van der Waals surface area (Å²) in [6.45, 7) is 0. The number of halogens is 3. The summed E-state index contributed by atoms with van der Waals surface area (Å²) >= 11 is 2.02. The van der Waals surface area contributed by atoms with Gasteiger partial charge in [-0.2, -0.15) is 0 Å². The second-order valence-corrected chi connectivity index (χ2v) is 18.1. The SMILES string of the molecule is C1=CCCC=CCC1.O=[C]=[Rh]([Cl])([Cl])(=[C]=O)(=[C]=O)=[C]=O.[Cl][Rh]. The standard InChI is InChI=1S/C8H12.4CO.3ClH.2Rh/c1-2-4-6-8-7-5-3-1;4*1-2;;;;;/h1-2,7-8H,3-6H2;;;;;3*1H;;/q;;;;;;;;+1;+2/p-3. The normalized spacial score (nSPS) is 16.2. The molecule has 0 heterocycles. The zero-order valence-electron chi connectivity index (χ0n) is 10.6. The molecule has 0 atom stereocenters. The van der Waals surface area contributed by atoms with Crippen LogP contribution in [0.1, 0.15) is 25.7 Å². The summed E-state index contributed by atoms with van der Waals surface area (Å²) in [7, 11) is 8.12. The minimum absolute atomic E-state index is 0.697. The predicted molar refractivity (Wildman–Crippen MR) is 77.1 cm³/mol. The van der Waals surface area contributed by atoms with E-state index in [1.165, 1.54) is 25.7 Å². The molecule has 9 heteroatoms. The van der Waals surface area contributed by atoms with Crippen molar-refractivity contribution in [2.45, 2.75) is 25.7 Å². The molecule has 0 aromatic heterocycles. The molecule has 123 valence electrons. The van der Waals surface area contributed by atoms with E-state index in [0.717, 1.165) is 0 Å². The second-order valence-electron chi connectivity index (χ2n) is 3.42. The molecule has 4 nitrogen and oxygen atoms in total. The number of hydrogen-bond donors (Lipinski definition) is 0. The molecule has 0 saturated carbocycles. The third-order valence-electron chi connectivity index (χ3n) is 1.95. The van der Waals surface area contributed by atoms with Crippen LogP contribution >= 0.6 is 29.1 Å². The summed E-state index contributed by atoms with van der Waals surface area (Å²) in [4.78, 5) is 40.2. The van der Waals surface area contributed by atoms with E-state index in [4.69, 9.17) is 19.4 Å². The summed E-state index contributed by atoms with van der Waals surface area (Å²) in [5, 5.41) is 0. The Labute approximate surface area is 141 Å². The van der Waals surface area contributed by atoms with Gasteiger partial charge < -0.3 is 0 Å². The summed E-state index contributed by atoms with van der Waals surface area (Å²) < 4.78 is 2.79. The molecule has 0 N–H and O–H groups in total. The van der Waals surface area contributed by atoms with Crippen molar-refractivity contribution < 1.29 is 45.1 Å². The van der Waals surface area contributed by atoms with Gasteiger partial charge in [-0.15, -0.1) is 0 Å². The Hall–Kier alpha value is -0.0832. The molecule has 0 fully saturated rings. The first-order valence-electron chi connectivity index (χ1n) is 5.16. The van der Waals surface area contributed by atoms with E-state index in [1.807, 2.05) is 17.3 Å². The van der Waals surface area contributed by atoms with Gasteiger partial charge in [0.25, 0.3) is 0 Å². The minimum atomic E-state index is -6.47. The maximum atomic E-state index is 10.1. The van der Waals surface area contributed by atoms with E-state index in [0.29, 0.717) is 17.9 Å². The molecule has 0 spiro atoms. The van der Waals surface area contributed by atoms with Crippen LogP contribution in [0.2, 0.25) is 0 Å². The molecule has 0 aromatic carbocycles. The first-order valence-corrected chi connectivity index (χ1v) is 14.8. The molecule has 0 amide bonds. The fourth-order valence-electron chi connectivity index (χ4n) is 0.940. The van der Waals surface area contributed by atoms with Gasteiger partial charge in [-0.05, 0) is 25.7 Å². The van der Waals surface area contributed by atoms with Crippen LogP contribution in [-0.2, 0) is 45.1 Å². The van der Waals surface area contributed by atoms with Crippen LogP contribution in [0.4, 0.5) is 0 Å². The molecule has 21 heavy (non-hydrogen) atoms. The molecule has 1 rings (SSSR count). The van der Waals surface area contributed by atoms with Gasteiger partial charge in [-0.3, -0.25) is 0 Å². The molecule has 0 bridgehead atoms. The van der Waals surface area contributed by atoms with Crippen molar-refractivity contribution in [3.05, 3.63) is 24.3 Å². The fourth-order valence-corrected chi connectivity index (χ4v) is 1.35. The number of allylic oxidation sites excluding steroid dienone is 4. The summed E-state index contributed by atoms with van der Waals surface area (Å²) in [5.74, 6) is 0. The summed E-state index contributed by atoms with van der Waals surface area (Å²) in [5.41, 5.74) is 0. The Morgan fingerprint density at radius 2 is 0.857 bits per heavy atom. The van der Waals surface area contributed by atoms with E-state index < -0.39 is 8.64 Å². The average molecular weight is 532 g/mol. The summed E-state index contributed by atoms with van der Waals surface area (Å²) in [6, 6.07) is 0. The van der Waals surface area contributed by atoms with Gasteiger partial charge in [-0.25, -0.2) is 0 Å². The van der Waals surface area contributed by atoms with Gasteiger partial charge in [0.05, 0.1) is 0 Å². The molecular formula is C12H12Cl3O4Rh2. The molecule has 0 saturated heterocycles. The van der Waals surface area contributed by atoms with Crippen LogP contribution in [0.5, 0.6) is 0 Å². The van der Waals surface area contributed by atoms with E-state index in [2.05, 4.69) is 34.0 Å². The first kappa shape index (κ1) is 23.2. The number of carbonyl (C=O) groups excluding carboxylic acids is 4. The van der Waals surface area contributed by atoms with E-state index in [9.17, 15) is 19.2 Å². The van der Waals surface area contributed by atoms with Crippen molar-refractivity contribution in [3.8, 4) is 0 Å². The fraction of sp³-hybridized carbons (Fsp3) is 0.333. The zero-order chi connectivity index (χ0) is 16.9. The van der Waals surface area contributed by atoms with Crippen LogP contribution in [0, 0.1) is 0 Å². The molecule has 0 aromatic rings. The number of rotatable bonds is 0. The third kappa shape index (κ3) is 8.20.